The van der Waals surface area contributed by atoms with Gasteiger partial charge in [-0.05, 0) is 30.7 Å². The normalized spacial score (nSPS) is 10.3. The minimum atomic E-state index is -0.342. The first-order valence-electron chi connectivity index (χ1n) is 7.81. The molecule has 0 atom stereocenters. The molecule has 126 valence electrons. The van der Waals surface area contributed by atoms with Crippen LogP contribution in [0.15, 0.2) is 60.9 Å². The summed E-state index contributed by atoms with van der Waals surface area (Å²) in [6.07, 6.45) is 2.90. The van der Waals surface area contributed by atoms with Gasteiger partial charge in [-0.1, -0.05) is 24.3 Å². The van der Waals surface area contributed by atoms with Crippen molar-refractivity contribution in [3.63, 3.8) is 0 Å². The predicted octanol–water partition coefficient (Wildman–Crippen LogP) is 3.29. The van der Waals surface area contributed by atoms with Gasteiger partial charge in [0.1, 0.15) is 17.2 Å². The van der Waals surface area contributed by atoms with Crippen molar-refractivity contribution >= 4 is 11.6 Å². The number of nitrogens with one attached hydrogen (secondary N) is 1. The van der Waals surface area contributed by atoms with Crippen molar-refractivity contribution in [2.24, 2.45) is 5.73 Å². The van der Waals surface area contributed by atoms with Gasteiger partial charge < -0.3 is 15.8 Å². The van der Waals surface area contributed by atoms with Crippen LogP contribution in [0.1, 0.15) is 21.7 Å². The van der Waals surface area contributed by atoms with E-state index >= 15 is 0 Å². The van der Waals surface area contributed by atoms with Crippen LogP contribution in [0.5, 0.6) is 11.5 Å². The third-order valence-corrected chi connectivity index (χ3v) is 3.56. The SMILES string of the molecule is Cc1ccc(NC(=O)c2cnc(CN)cn2)cc1Oc1ccccc1. The molecule has 25 heavy (non-hydrogen) atoms. The lowest BCUT2D eigenvalue weighted by Crippen LogP contribution is -2.15. The predicted molar refractivity (Wildman–Crippen MR) is 95.6 cm³/mol. The molecule has 1 heterocycles. The number of benzene rings is 2. The zero-order chi connectivity index (χ0) is 17.6. The molecule has 0 aliphatic rings. The molecule has 0 aliphatic carbocycles. The molecule has 0 spiro atoms. The zero-order valence-corrected chi connectivity index (χ0v) is 13.8. The molecule has 0 saturated carbocycles. The monoisotopic (exact) mass is 334 g/mol. The molecule has 0 saturated heterocycles. The van der Waals surface area contributed by atoms with Gasteiger partial charge in [0.05, 0.1) is 18.1 Å². The second-order valence-corrected chi connectivity index (χ2v) is 5.45. The summed E-state index contributed by atoms with van der Waals surface area (Å²) in [7, 11) is 0. The minimum Gasteiger partial charge on any atom is -0.457 e. The summed E-state index contributed by atoms with van der Waals surface area (Å²) in [5, 5.41) is 2.80. The summed E-state index contributed by atoms with van der Waals surface area (Å²) < 4.78 is 5.87. The highest BCUT2D eigenvalue weighted by Crippen LogP contribution is 2.28. The fraction of sp³-hybridized carbons (Fsp3) is 0.105. The van der Waals surface area contributed by atoms with E-state index in [9.17, 15) is 4.79 Å². The quantitative estimate of drug-likeness (QED) is 0.747. The van der Waals surface area contributed by atoms with E-state index in [1.54, 1.807) is 6.07 Å². The Kier molecular flexibility index (Phi) is 5.01. The lowest BCUT2D eigenvalue weighted by molar-refractivity contribution is 0.102. The third kappa shape index (κ3) is 4.19. The number of rotatable bonds is 5. The van der Waals surface area contributed by atoms with Gasteiger partial charge in [0.15, 0.2) is 0 Å². The summed E-state index contributed by atoms with van der Waals surface area (Å²) in [6.45, 7) is 2.23. The molecule has 3 aromatic rings. The van der Waals surface area contributed by atoms with Crippen molar-refractivity contribution < 1.29 is 9.53 Å². The summed E-state index contributed by atoms with van der Waals surface area (Å²) in [6, 6.07) is 15.0. The van der Waals surface area contributed by atoms with Crippen molar-refractivity contribution in [2.45, 2.75) is 13.5 Å². The number of carbonyl (C=O) groups excluding carboxylic acids is 1. The molecule has 6 heteroatoms. The second kappa shape index (κ2) is 7.55. The number of aryl methyl sites for hydroxylation is 1. The van der Waals surface area contributed by atoms with E-state index in [2.05, 4.69) is 15.3 Å². The first-order chi connectivity index (χ1) is 12.2. The van der Waals surface area contributed by atoms with E-state index in [1.807, 2.05) is 49.4 Å². The number of carbonyl (C=O) groups is 1. The maximum absolute atomic E-state index is 12.3. The summed E-state index contributed by atoms with van der Waals surface area (Å²) in [5.41, 5.74) is 7.92. The van der Waals surface area contributed by atoms with Gasteiger partial charge in [-0.25, -0.2) is 4.98 Å². The minimum absolute atomic E-state index is 0.225. The Bertz CT molecular complexity index is 864. The molecular weight excluding hydrogens is 316 g/mol. The van der Waals surface area contributed by atoms with Gasteiger partial charge >= 0.3 is 0 Å². The Hall–Kier alpha value is -3.25. The Morgan fingerprint density at radius 2 is 1.92 bits per heavy atom. The summed E-state index contributed by atoms with van der Waals surface area (Å²) >= 11 is 0. The topological polar surface area (TPSA) is 90.1 Å². The van der Waals surface area contributed by atoms with Crippen molar-refractivity contribution in [1.82, 2.24) is 9.97 Å². The van der Waals surface area contributed by atoms with E-state index in [4.69, 9.17) is 10.5 Å². The van der Waals surface area contributed by atoms with E-state index in [-0.39, 0.29) is 18.1 Å². The molecule has 1 aromatic heterocycles. The van der Waals surface area contributed by atoms with Crippen molar-refractivity contribution in [3.8, 4) is 11.5 Å². The summed E-state index contributed by atoms with van der Waals surface area (Å²) in [4.78, 5) is 20.4. The van der Waals surface area contributed by atoms with E-state index < -0.39 is 0 Å². The van der Waals surface area contributed by atoms with Crippen LogP contribution >= 0.6 is 0 Å². The lowest BCUT2D eigenvalue weighted by atomic mass is 10.2. The highest BCUT2D eigenvalue weighted by Gasteiger charge is 2.10. The zero-order valence-electron chi connectivity index (χ0n) is 13.8. The number of nitrogens with two attached hydrogens (primary N) is 1. The van der Waals surface area contributed by atoms with Crippen LogP contribution in [0.3, 0.4) is 0 Å². The van der Waals surface area contributed by atoms with Crippen LogP contribution in [-0.2, 0) is 6.54 Å². The molecular formula is C19H18N4O2. The smallest absolute Gasteiger partial charge is 0.275 e. The number of hydrogen-bond acceptors (Lipinski definition) is 5. The molecule has 6 nitrogen and oxygen atoms in total. The van der Waals surface area contributed by atoms with E-state index in [0.717, 1.165) is 11.3 Å². The van der Waals surface area contributed by atoms with Crippen molar-refractivity contribution in [2.75, 3.05) is 5.32 Å². The van der Waals surface area contributed by atoms with Gasteiger partial charge in [-0.3, -0.25) is 9.78 Å². The van der Waals surface area contributed by atoms with Crippen LogP contribution in [0, 0.1) is 6.92 Å². The van der Waals surface area contributed by atoms with E-state index in [0.29, 0.717) is 17.1 Å². The highest BCUT2D eigenvalue weighted by atomic mass is 16.5. The molecule has 0 radical (unpaired) electrons. The Morgan fingerprint density at radius 3 is 2.60 bits per heavy atom. The van der Waals surface area contributed by atoms with Gasteiger partial charge in [0, 0.05) is 18.3 Å². The van der Waals surface area contributed by atoms with Gasteiger partial charge in [-0.15, -0.1) is 0 Å². The molecule has 3 rings (SSSR count). The second-order valence-electron chi connectivity index (χ2n) is 5.45. The molecule has 0 aliphatic heterocycles. The molecule has 0 unspecified atom stereocenters. The number of ether oxygens (including phenoxy) is 1. The molecule has 1 amide bonds. The van der Waals surface area contributed by atoms with Crippen LogP contribution in [0.2, 0.25) is 0 Å². The first kappa shape index (κ1) is 16.6. The maximum Gasteiger partial charge on any atom is 0.275 e. The van der Waals surface area contributed by atoms with Gasteiger partial charge in [0.25, 0.3) is 5.91 Å². The fourth-order valence-corrected chi connectivity index (χ4v) is 2.18. The van der Waals surface area contributed by atoms with Crippen LogP contribution in [0.25, 0.3) is 0 Å². The Morgan fingerprint density at radius 1 is 1.12 bits per heavy atom. The third-order valence-electron chi connectivity index (χ3n) is 3.56. The molecule has 0 bridgehead atoms. The Balaban J connectivity index is 1.76. The number of para-hydroxylation sites is 1. The van der Waals surface area contributed by atoms with Crippen molar-refractivity contribution in [3.05, 3.63) is 77.9 Å². The van der Waals surface area contributed by atoms with Gasteiger partial charge in [-0.2, -0.15) is 0 Å². The standard InChI is InChI=1S/C19H18N4O2/c1-13-7-8-14(9-18(13)25-16-5-3-2-4-6-16)23-19(24)17-12-21-15(10-20)11-22-17/h2-9,11-12H,10,20H2,1H3,(H,23,24). The highest BCUT2D eigenvalue weighted by molar-refractivity contribution is 6.02. The number of anilines is 1. The molecule has 3 N–H and O–H groups in total. The van der Waals surface area contributed by atoms with Crippen molar-refractivity contribution in [1.29, 1.82) is 0 Å². The number of amides is 1. The number of hydrogen-bond donors (Lipinski definition) is 2. The fourth-order valence-electron chi connectivity index (χ4n) is 2.18. The van der Waals surface area contributed by atoms with Crippen LogP contribution < -0.4 is 15.8 Å². The number of nitrogens with zero attached hydrogens (tertiary/aromatic N) is 2. The van der Waals surface area contributed by atoms with Crippen LogP contribution in [0.4, 0.5) is 5.69 Å². The van der Waals surface area contributed by atoms with E-state index in [1.165, 1.54) is 12.4 Å². The van der Waals surface area contributed by atoms with Gasteiger partial charge in [0.2, 0.25) is 0 Å². The largest absolute Gasteiger partial charge is 0.457 e. The summed E-state index contributed by atoms with van der Waals surface area (Å²) in [5.74, 6) is 1.07. The average molecular weight is 334 g/mol. The first-order valence-corrected chi connectivity index (χ1v) is 7.81. The lowest BCUT2D eigenvalue weighted by Gasteiger charge is -2.11. The molecule has 2 aromatic carbocycles. The maximum atomic E-state index is 12.3. The number of aromatic nitrogens is 2. The average Bonchev–Trinajstić information content (AvgIpc) is 2.65. The van der Waals surface area contributed by atoms with Crippen LogP contribution in [-0.4, -0.2) is 15.9 Å². The Labute approximate surface area is 145 Å². The molecule has 0 fully saturated rings.